The first-order valence-electron chi connectivity index (χ1n) is 9.53. The van der Waals surface area contributed by atoms with Crippen molar-refractivity contribution >= 4 is 28.0 Å². The molecule has 29 heavy (non-hydrogen) atoms. The zero-order valence-electron chi connectivity index (χ0n) is 16.4. The fraction of sp³-hybridized carbons (Fsp3) is 0.160. The quantitative estimate of drug-likeness (QED) is 0.452. The summed E-state index contributed by atoms with van der Waals surface area (Å²) >= 11 is 0. The molecule has 0 radical (unpaired) electrons. The highest BCUT2D eigenvalue weighted by atomic mass is 16.5. The van der Waals surface area contributed by atoms with Crippen molar-refractivity contribution in [1.29, 1.82) is 0 Å². The van der Waals surface area contributed by atoms with Gasteiger partial charge in [-0.25, -0.2) is 0 Å². The van der Waals surface area contributed by atoms with Crippen LogP contribution >= 0.6 is 0 Å². The standard InChI is InChI=1S/C25H20O4/c1-13-15-8-4-6-10-17(15)24(28)22-19(13)20-14(2)23(27)18-11-7-5-9-16(18)21(20)25(22,3)29-12-26/h4-12,27-28H,1-3H3. The number of aryl methyl sites for hydroxylation is 1. The zero-order valence-corrected chi connectivity index (χ0v) is 16.4. The second kappa shape index (κ2) is 5.74. The highest BCUT2D eigenvalue weighted by molar-refractivity contribution is 6.08. The van der Waals surface area contributed by atoms with Crippen LogP contribution in [0.1, 0.15) is 29.2 Å². The molecule has 0 aliphatic heterocycles. The zero-order chi connectivity index (χ0) is 20.5. The van der Waals surface area contributed by atoms with Gasteiger partial charge in [-0.2, -0.15) is 0 Å². The average Bonchev–Trinajstić information content (AvgIpc) is 3.00. The Balaban J connectivity index is 2.10. The Morgan fingerprint density at radius 2 is 1.28 bits per heavy atom. The lowest BCUT2D eigenvalue weighted by atomic mass is 9.87. The summed E-state index contributed by atoms with van der Waals surface area (Å²) in [4.78, 5) is 11.6. The molecule has 0 saturated heterocycles. The van der Waals surface area contributed by atoms with E-state index in [9.17, 15) is 15.0 Å². The predicted molar refractivity (Wildman–Crippen MR) is 113 cm³/mol. The lowest BCUT2D eigenvalue weighted by Gasteiger charge is -2.28. The summed E-state index contributed by atoms with van der Waals surface area (Å²) in [5.74, 6) is 0.303. The van der Waals surface area contributed by atoms with Gasteiger partial charge in [0.2, 0.25) is 0 Å². The third-order valence-electron chi connectivity index (χ3n) is 6.37. The molecule has 0 fully saturated rings. The van der Waals surface area contributed by atoms with Crippen molar-refractivity contribution in [3.05, 3.63) is 70.8 Å². The van der Waals surface area contributed by atoms with Gasteiger partial charge >= 0.3 is 0 Å². The first kappa shape index (κ1) is 17.6. The molecule has 4 nitrogen and oxygen atoms in total. The molecule has 1 aliphatic rings. The van der Waals surface area contributed by atoms with Gasteiger partial charge in [0.1, 0.15) is 11.5 Å². The molecule has 0 bridgehead atoms. The van der Waals surface area contributed by atoms with Gasteiger partial charge in [0.15, 0.2) is 5.60 Å². The van der Waals surface area contributed by atoms with Crippen LogP contribution in [0.15, 0.2) is 48.5 Å². The van der Waals surface area contributed by atoms with Crippen molar-refractivity contribution in [2.75, 3.05) is 0 Å². The van der Waals surface area contributed by atoms with Gasteiger partial charge in [-0.05, 0) is 53.8 Å². The van der Waals surface area contributed by atoms with Crippen LogP contribution in [-0.4, -0.2) is 16.7 Å². The predicted octanol–water partition coefficient (Wildman–Crippen LogP) is 5.44. The van der Waals surface area contributed by atoms with Crippen molar-refractivity contribution in [1.82, 2.24) is 0 Å². The molecule has 0 saturated carbocycles. The summed E-state index contributed by atoms with van der Waals surface area (Å²) in [7, 11) is 0. The number of aromatic hydroxyl groups is 2. The maximum atomic E-state index is 11.6. The van der Waals surface area contributed by atoms with Gasteiger partial charge in [0.05, 0.1) is 5.56 Å². The smallest absolute Gasteiger partial charge is 0.294 e. The third kappa shape index (κ3) is 2.01. The second-order valence-electron chi connectivity index (χ2n) is 7.79. The Hall–Kier alpha value is -3.53. The molecule has 4 aromatic carbocycles. The van der Waals surface area contributed by atoms with Crippen LogP contribution in [0.3, 0.4) is 0 Å². The SMILES string of the molecule is Cc1c2c(c3ccccc3c1O)C(C)(OC=O)c1c-2c(C)c2ccccc2c1O. The van der Waals surface area contributed by atoms with E-state index in [-0.39, 0.29) is 11.5 Å². The molecule has 0 spiro atoms. The molecule has 1 unspecified atom stereocenters. The number of carbonyl (C=O) groups is 1. The number of rotatable bonds is 2. The highest BCUT2D eigenvalue weighted by Crippen LogP contribution is 2.60. The maximum Gasteiger partial charge on any atom is 0.294 e. The van der Waals surface area contributed by atoms with Crippen LogP contribution in [-0.2, 0) is 15.1 Å². The van der Waals surface area contributed by atoms with E-state index in [4.69, 9.17) is 4.74 Å². The lowest BCUT2D eigenvalue weighted by Crippen LogP contribution is -2.25. The van der Waals surface area contributed by atoms with E-state index in [0.717, 1.165) is 33.0 Å². The Kier molecular flexibility index (Phi) is 3.47. The third-order valence-corrected chi connectivity index (χ3v) is 6.37. The van der Waals surface area contributed by atoms with Crippen LogP contribution in [0, 0.1) is 13.8 Å². The van der Waals surface area contributed by atoms with Crippen molar-refractivity contribution in [3.63, 3.8) is 0 Å². The van der Waals surface area contributed by atoms with Gasteiger partial charge < -0.3 is 14.9 Å². The van der Waals surface area contributed by atoms with Crippen LogP contribution in [0.4, 0.5) is 0 Å². The Morgan fingerprint density at radius 1 is 0.759 bits per heavy atom. The minimum Gasteiger partial charge on any atom is -0.507 e. The molecule has 4 heteroatoms. The second-order valence-corrected chi connectivity index (χ2v) is 7.79. The van der Waals surface area contributed by atoms with Gasteiger partial charge in [0, 0.05) is 16.3 Å². The molecule has 144 valence electrons. The van der Waals surface area contributed by atoms with Crippen LogP contribution in [0.2, 0.25) is 0 Å². The fourth-order valence-corrected chi connectivity index (χ4v) is 5.07. The highest BCUT2D eigenvalue weighted by Gasteiger charge is 2.47. The monoisotopic (exact) mass is 384 g/mol. The number of ether oxygens (including phenoxy) is 1. The van der Waals surface area contributed by atoms with Crippen molar-refractivity contribution in [2.45, 2.75) is 26.4 Å². The molecule has 5 rings (SSSR count). The van der Waals surface area contributed by atoms with Crippen molar-refractivity contribution in [2.24, 2.45) is 0 Å². The van der Waals surface area contributed by atoms with Crippen molar-refractivity contribution in [3.8, 4) is 22.6 Å². The van der Waals surface area contributed by atoms with E-state index in [2.05, 4.69) is 0 Å². The van der Waals surface area contributed by atoms with Gasteiger partial charge in [0.25, 0.3) is 6.47 Å². The molecule has 2 N–H and O–H groups in total. The first-order valence-corrected chi connectivity index (χ1v) is 9.53. The molecule has 0 heterocycles. The fourth-order valence-electron chi connectivity index (χ4n) is 5.07. The van der Waals surface area contributed by atoms with Crippen molar-refractivity contribution < 1.29 is 19.7 Å². The number of phenolic OH excluding ortho intramolecular Hbond substituents is 2. The molecule has 4 aromatic rings. The van der Waals surface area contributed by atoms with E-state index < -0.39 is 5.60 Å². The van der Waals surface area contributed by atoms with Gasteiger partial charge in [-0.15, -0.1) is 0 Å². The molecule has 0 amide bonds. The van der Waals surface area contributed by atoms with E-state index in [1.165, 1.54) is 0 Å². The molecule has 1 aliphatic carbocycles. The number of phenols is 2. The van der Waals surface area contributed by atoms with E-state index >= 15 is 0 Å². The number of hydrogen-bond donors (Lipinski definition) is 2. The Bertz CT molecular complexity index is 1350. The average molecular weight is 384 g/mol. The lowest BCUT2D eigenvalue weighted by molar-refractivity contribution is -0.138. The normalized spacial score (nSPS) is 17.3. The molecular formula is C25H20O4. The van der Waals surface area contributed by atoms with E-state index in [1.807, 2.05) is 69.3 Å². The number of hydrogen-bond acceptors (Lipinski definition) is 4. The summed E-state index contributed by atoms with van der Waals surface area (Å²) in [6, 6.07) is 15.2. The number of benzene rings is 4. The maximum absolute atomic E-state index is 11.6. The minimum atomic E-state index is -1.18. The van der Waals surface area contributed by atoms with Gasteiger partial charge in [-0.3, -0.25) is 4.79 Å². The number of carbonyl (C=O) groups excluding carboxylic acids is 1. The van der Waals surface area contributed by atoms with Crippen LogP contribution in [0.5, 0.6) is 11.5 Å². The topological polar surface area (TPSA) is 66.8 Å². The molecule has 0 aromatic heterocycles. The summed E-state index contributed by atoms with van der Waals surface area (Å²) in [6.07, 6.45) is 0. The largest absolute Gasteiger partial charge is 0.507 e. The van der Waals surface area contributed by atoms with Crippen LogP contribution < -0.4 is 0 Å². The summed E-state index contributed by atoms with van der Waals surface area (Å²) in [5, 5.41) is 25.4. The first-order chi connectivity index (χ1) is 13.9. The minimum absolute atomic E-state index is 0.102. The van der Waals surface area contributed by atoms with E-state index in [1.54, 1.807) is 0 Å². The summed E-state index contributed by atoms with van der Waals surface area (Å²) in [6.45, 7) is 6.11. The molecule has 1 atom stereocenters. The summed E-state index contributed by atoms with van der Waals surface area (Å²) in [5.41, 5.74) is 3.50. The van der Waals surface area contributed by atoms with Gasteiger partial charge in [-0.1, -0.05) is 48.5 Å². The van der Waals surface area contributed by atoms with Crippen LogP contribution in [0.25, 0.3) is 32.7 Å². The Labute approximate surface area is 168 Å². The van der Waals surface area contributed by atoms with E-state index in [0.29, 0.717) is 28.4 Å². The summed E-state index contributed by atoms with van der Waals surface area (Å²) < 4.78 is 5.71. The molecular weight excluding hydrogens is 364 g/mol. The number of fused-ring (bicyclic) bond motifs is 6. The Morgan fingerprint density at radius 3 is 1.90 bits per heavy atom.